The van der Waals surface area contributed by atoms with E-state index in [0.717, 1.165) is 52.6 Å². The number of carbonyl (C=O) groups excluding carboxylic acids is 2. The van der Waals surface area contributed by atoms with E-state index in [1.807, 2.05) is 72.8 Å². The molecule has 2 heterocycles. The van der Waals surface area contributed by atoms with Gasteiger partial charge in [-0.2, -0.15) is 0 Å². The zero-order chi connectivity index (χ0) is 33.2. The molecule has 3 aromatic carbocycles. The fourth-order valence-electron chi connectivity index (χ4n) is 5.63. The standard InChI is InChI=1S/C36H40Cl2N4O5/c1-24(44)39-18-6-2-3-9-33(45)40-20-29-7-4-5-8-31(29)26-14-16-28(17-15-26)36-46-30(21-42-23-41-34(37)35(42)38)19-32(47-36)27-12-10-25(22-43)11-13-27/h4-5,7-8,10-17,23,30,32,36,43H,2-3,6,9,18-22H2,1H3,(H,39,44)(H,40,45). The van der Waals surface area contributed by atoms with E-state index in [2.05, 4.69) is 15.6 Å². The molecule has 0 aliphatic carbocycles. The molecule has 1 aliphatic rings. The van der Waals surface area contributed by atoms with Gasteiger partial charge in [-0.15, -0.1) is 0 Å². The molecule has 3 unspecified atom stereocenters. The van der Waals surface area contributed by atoms with Crippen LogP contribution in [-0.2, 0) is 38.8 Å². The number of halogens is 2. The summed E-state index contributed by atoms with van der Waals surface area (Å²) in [4.78, 5) is 27.6. The molecule has 0 saturated carbocycles. The lowest BCUT2D eigenvalue weighted by atomic mass is 9.97. The highest BCUT2D eigenvalue weighted by Crippen LogP contribution is 2.39. The SMILES string of the molecule is CC(=O)NCCCCCC(=O)NCc1ccccc1-c1ccc(C2OC(Cn3cnc(Cl)c3Cl)CC(c3ccc(CO)cc3)O2)cc1. The Morgan fingerprint density at radius 3 is 2.38 bits per heavy atom. The number of unbranched alkanes of at least 4 members (excludes halogenated alkanes) is 2. The van der Waals surface area contributed by atoms with Crippen molar-refractivity contribution < 1.29 is 24.2 Å². The molecule has 2 amide bonds. The number of carbonyl (C=O) groups is 2. The maximum atomic E-state index is 12.5. The van der Waals surface area contributed by atoms with Gasteiger partial charge in [0.2, 0.25) is 11.8 Å². The third-order valence-electron chi connectivity index (χ3n) is 8.19. The first-order valence-electron chi connectivity index (χ1n) is 15.9. The molecule has 1 saturated heterocycles. The number of aliphatic hydroxyl groups is 1. The van der Waals surface area contributed by atoms with Crippen molar-refractivity contribution in [1.29, 1.82) is 0 Å². The van der Waals surface area contributed by atoms with Crippen molar-refractivity contribution in [2.24, 2.45) is 0 Å². The molecule has 9 nitrogen and oxygen atoms in total. The first-order chi connectivity index (χ1) is 22.8. The van der Waals surface area contributed by atoms with Gasteiger partial charge in [-0.25, -0.2) is 4.98 Å². The van der Waals surface area contributed by atoms with Crippen molar-refractivity contribution in [3.63, 3.8) is 0 Å². The Morgan fingerprint density at radius 2 is 1.68 bits per heavy atom. The predicted molar refractivity (Wildman–Crippen MR) is 182 cm³/mol. The molecule has 4 aromatic rings. The van der Waals surface area contributed by atoms with Crippen LogP contribution in [0, 0.1) is 0 Å². The van der Waals surface area contributed by atoms with Gasteiger partial charge < -0.3 is 29.8 Å². The maximum absolute atomic E-state index is 12.5. The second-order valence-corrected chi connectivity index (χ2v) is 12.4. The highest BCUT2D eigenvalue weighted by Gasteiger charge is 2.33. The van der Waals surface area contributed by atoms with E-state index < -0.39 is 6.29 Å². The second-order valence-electron chi connectivity index (χ2n) is 11.7. The Hall–Kier alpha value is -3.73. The number of hydrogen-bond donors (Lipinski definition) is 3. The molecule has 0 spiro atoms. The number of nitrogens with one attached hydrogen (secondary N) is 2. The van der Waals surface area contributed by atoms with Gasteiger partial charge in [0, 0.05) is 38.4 Å². The van der Waals surface area contributed by atoms with Gasteiger partial charge in [-0.3, -0.25) is 9.59 Å². The van der Waals surface area contributed by atoms with Crippen LogP contribution in [-0.4, -0.2) is 39.1 Å². The van der Waals surface area contributed by atoms with Crippen LogP contribution in [0.5, 0.6) is 0 Å². The molecule has 248 valence electrons. The van der Waals surface area contributed by atoms with Crippen LogP contribution in [0.4, 0.5) is 0 Å². The molecule has 1 aliphatic heterocycles. The highest BCUT2D eigenvalue weighted by atomic mass is 35.5. The Kier molecular flexibility index (Phi) is 12.4. The van der Waals surface area contributed by atoms with E-state index in [1.165, 1.54) is 6.92 Å². The fourth-order valence-corrected chi connectivity index (χ4v) is 5.95. The molecule has 1 aromatic heterocycles. The summed E-state index contributed by atoms with van der Waals surface area (Å²) in [5.74, 6) is -0.0235. The maximum Gasteiger partial charge on any atom is 0.220 e. The molecule has 1 fully saturated rings. The Balaban J connectivity index is 1.25. The summed E-state index contributed by atoms with van der Waals surface area (Å²) in [5, 5.41) is 15.9. The number of rotatable bonds is 14. The Labute approximate surface area is 285 Å². The molecule has 47 heavy (non-hydrogen) atoms. The lowest BCUT2D eigenvalue weighted by molar-refractivity contribution is -0.252. The molecule has 5 rings (SSSR count). The fraction of sp³-hybridized carbons (Fsp3) is 0.361. The highest BCUT2D eigenvalue weighted by molar-refractivity contribution is 6.40. The second kappa shape index (κ2) is 16.9. The number of aliphatic hydroxyl groups excluding tert-OH is 1. The van der Waals surface area contributed by atoms with Crippen molar-refractivity contribution in [2.75, 3.05) is 6.54 Å². The Bertz CT molecular complexity index is 1630. The number of amides is 2. The first kappa shape index (κ1) is 34.6. The summed E-state index contributed by atoms with van der Waals surface area (Å²) < 4.78 is 14.7. The summed E-state index contributed by atoms with van der Waals surface area (Å²) in [7, 11) is 0. The average molecular weight is 680 g/mol. The molecule has 3 N–H and O–H groups in total. The van der Waals surface area contributed by atoms with Crippen molar-refractivity contribution in [3.8, 4) is 11.1 Å². The minimum Gasteiger partial charge on any atom is -0.392 e. The van der Waals surface area contributed by atoms with E-state index in [1.54, 1.807) is 10.9 Å². The first-order valence-corrected chi connectivity index (χ1v) is 16.6. The van der Waals surface area contributed by atoms with E-state index in [4.69, 9.17) is 32.7 Å². The Morgan fingerprint density at radius 1 is 0.936 bits per heavy atom. The summed E-state index contributed by atoms with van der Waals surface area (Å²) in [5.41, 5.74) is 5.76. The van der Waals surface area contributed by atoms with Gasteiger partial charge in [-0.1, -0.05) is 102 Å². The molecular weight excluding hydrogens is 639 g/mol. The smallest absolute Gasteiger partial charge is 0.220 e. The average Bonchev–Trinajstić information content (AvgIpc) is 3.41. The predicted octanol–water partition coefficient (Wildman–Crippen LogP) is 6.91. The van der Waals surface area contributed by atoms with Crippen LogP contribution in [0.15, 0.2) is 79.1 Å². The van der Waals surface area contributed by atoms with Crippen molar-refractivity contribution >= 4 is 35.0 Å². The van der Waals surface area contributed by atoms with Gasteiger partial charge in [0.15, 0.2) is 11.4 Å². The van der Waals surface area contributed by atoms with E-state index in [-0.39, 0.29) is 35.8 Å². The summed E-state index contributed by atoms with van der Waals surface area (Å²) in [6.45, 7) is 3.00. The third-order valence-corrected chi connectivity index (χ3v) is 8.96. The van der Waals surface area contributed by atoms with Crippen molar-refractivity contribution in [2.45, 2.75) is 77.2 Å². The largest absolute Gasteiger partial charge is 0.392 e. The number of aromatic nitrogens is 2. The summed E-state index contributed by atoms with van der Waals surface area (Å²) in [6, 6.07) is 23.9. The molecular formula is C36H40Cl2N4O5. The van der Waals surface area contributed by atoms with Crippen molar-refractivity contribution in [1.82, 2.24) is 20.2 Å². The normalized spacial score (nSPS) is 17.7. The monoisotopic (exact) mass is 678 g/mol. The molecule has 11 heteroatoms. The molecule has 3 atom stereocenters. The van der Waals surface area contributed by atoms with Gasteiger partial charge in [0.25, 0.3) is 0 Å². The van der Waals surface area contributed by atoms with Crippen LogP contribution < -0.4 is 10.6 Å². The lowest BCUT2D eigenvalue weighted by Crippen LogP contribution is -2.32. The van der Waals surface area contributed by atoms with E-state index in [9.17, 15) is 14.7 Å². The number of hydrogen-bond acceptors (Lipinski definition) is 6. The molecule has 0 bridgehead atoms. The van der Waals surface area contributed by atoms with Gasteiger partial charge in [0.1, 0.15) is 5.15 Å². The summed E-state index contributed by atoms with van der Waals surface area (Å²) in [6.07, 6.45) is 4.06. The topological polar surface area (TPSA) is 115 Å². The van der Waals surface area contributed by atoms with Gasteiger partial charge in [0.05, 0.1) is 31.7 Å². The van der Waals surface area contributed by atoms with E-state index >= 15 is 0 Å². The zero-order valence-electron chi connectivity index (χ0n) is 26.3. The minimum absolute atomic E-state index is 0.00985. The van der Waals surface area contributed by atoms with Crippen molar-refractivity contribution in [3.05, 3.63) is 112 Å². The van der Waals surface area contributed by atoms with E-state index in [0.29, 0.717) is 37.6 Å². The number of ether oxygens (including phenoxy) is 2. The zero-order valence-corrected chi connectivity index (χ0v) is 27.8. The number of benzene rings is 3. The summed E-state index contributed by atoms with van der Waals surface area (Å²) >= 11 is 12.5. The van der Waals surface area contributed by atoms with Gasteiger partial charge in [-0.05, 0) is 40.7 Å². The van der Waals surface area contributed by atoms with Crippen LogP contribution in [0.25, 0.3) is 11.1 Å². The quantitative estimate of drug-likeness (QED) is 0.125. The number of nitrogens with zero attached hydrogens (tertiary/aromatic N) is 2. The van der Waals surface area contributed by atoms with Crippen LogP contribution in [0.1, 0.15) is 73.7 Å². The third kappa shape index (κ3) is 9.65. The van der Waals surface area contributed by atoms with Crippen LogP contribution in [0.3, 0.4) is 0 Å². The van der Waals surface area contributed by atoms with Crippen LogP contribution >= 0.6 is 23.2 Å². The lowest BCUT2D eigenvalue weighted by Gasteiger charge is -2.36. The number of imidazole rings is 1. The van der Waals surface area contributed by atoms with Gasteiger partial charge >= 0.3 is 0 Å². The minimum atomic E-state index is -0.629. The molecule has 0 radical (unpaired) electrons. The van der Waals surface area contributed by atoms with Crippen LogP contribution in [0.2, 0.25) is 10.3 Å².